The van der Waals surface area contributed by atoms with Gasteiger partial charge in [-0.3, -0.25) is 18.7 Å². The summed E-state index contributed by atoms with van der Waals surface area (Å²) in [6, 6.07) is 28.1. The van der Waals surface area contributed by atoms with Gasteiger partial charge in [-0.05, 0) is 68.8 Å². The summed E-state index contributed by atoms with van der Waals surface area (Å²) in [4.78, 5) is 40.8. The van der Waals surface area contributed by atoms with E-state index in [0.717, 1.165) is 45.3 Å². The second-order valence-electron chi connectivity index (χ2n) is 11.4. The number of ether oxygens (including phenoxy) is 2. The highest BCUT2D eigenvalue weighted by atomic mass is 16.5. The summed E-state index contributed by atoms with van der Waals surface area (Å²) in [6.45, 7) is 5.72. The van der Waals surface area contributed by atoms with Crippen LogP contribution in [-0.2, 0) is 27.4 Å². The van der Waals surface area contributed by atoms with Crippen LogP contribution in [0.25, 0.3) is 10.9 Å². The van der Waals surface area contributed by atoms with Gasteiger partial charge in [0.25, 0.3) is 5.56 Å². The Morgan fingerprint density at radius 3 is 2.02 bits per heavy atom. The van der Waals surface area contributed by atoms with E-state index < -0.39 is 0 Å². The molecule has 1 saturated heterocycles. The van der Waals surface area contributed by atoms with Crippen LogP contribution in [0.2, 0.25) is 0 Å². The highest BCUT2D eigenvalue weighted by Crippen LogP contribution is 2.30. The monoisotopic (exact) mass is 597 g/mol. The van der Waals surface area contributed by atoms with Gasteiger partial charge in [-0.25, -0.2) is 4.79 Å². The number of unbranched alkanes of at least 4 members (excludes halogenated alkanes) is 1. The minimum atomic E-state index is -0.318. The summed E-state index contributed by atoms with van der Waals surface area (Å²) >= 11 is 0. The molecule has 44 heavy (non-hydrogen) atoms. The van der Waals surface area contributed by atoms with Gasteiger partial charge >= 0.3 is 11.7 Å². The minimum absolute atomic E-state index is 0.0736. The first-order valence-corrected chi connectivity index (χ1v) is 15.9. The number of fused-ring (bicyclic) bond motifs is 1. The van der Waals surface area contributed by atoms with E-state index in [4.69, 9.17) is 9.47 Å². The van der Waals surface area contributed by atoms with Crippen molar-refractivity contribution >= 4 is 16.9 Å². The largest absolute Gasteiger partial charge is 0.466 e. The SMILES string of the molecule is CCOC(=O)CCCn1c(=O)c2ccccc2n(CCCCN2CCC(OC(c3ccccc3)c3ccccc3)CC2)c1=O. The molecule has 1 aliphatic rings. The fraction of sp³-hybridized carbons (Fsp3) is 0.417. The Bertz CT molecular complexity index is 1570. The summed E-state index contributed by atoms with van der Waals surface area (Å²) in [5, 5.41) is 0.523. The Hall–Kier alpha value is -4.01. The number of piperidine rings is 1. The van der Waals surface area contributed by atoms with Gasteiger partial charge in [0.1, 0.15) is 6.10 Å². The molecule has 0 unspecified atom stereocenters. The van der Waals surface area contributed by atoms with E-state index in [1.54, 1.807) is 17.6 Å². The maximum absolute atomic E-state index is 13.4. The number of nitrogens with zero attached hydrogens (tertiary/aromatic N) is 3. The molecular weight excluding hydrogens is 554 g/mol. The highest BCUT2D eigenvalue weighted by molar-refractivity contribution is 5.77. The zero-order chi connectivity index (χ0) is 30.7. The van der Waals surface area contributed by atoms with Crippen LogP contribution in [0, 0.1) is 0 Å². The van der Waals surface area contributed by atoms with Crippen LogP contribution in [-0.4, -0.2) is 52.3 Å². The van der Waals surface area contributed by atoms with Crippen LogP contribution in [0.1, 0.15) is 62.7 Å². The van der Waals surface area contributed by atoms with Gasteiger partial charge in [0.15, 0.2) is 0 Å². The topological polar surface area (TPSA) is 82.8 Å². The first-order chi connectivity index (χ1) is 21.5. The molecule has 232 valence electrons. The third-order valence-electron chi connectivity index (χ3n) is 8.37. The molecule has 0 bridgehead atoms. The van der Waals surface area contributed by atoms with E-state index in [2.05, 4.69) is 53.4 Å². The van der Waals surface area contributed by atoms with Crippen molar-refractivity contribution in [1.82, 2.24) is 14.0 Å². The molecule has 0 spiro atoms. The number of hydrogen-bond donors (Lipinski definition) is 0. The van der Waals surface area contributed by atoms with Crippen molar-refractivity contribution in [3.8, 4) is 0 Å². The number of para-hydroxylation sites is 1. The summed E-state index contributed by atoms with van der Waals surface area (Å²) in [5.41, 5.74) is 2.39. The van der Waals surface area contributed by atoms with Gasteiger partial charge in [0.2, 0.25) is 0 Å². The average molecular weight is 598 g/mol. The lowest BCUT2D eigenvalue weighted by molar-refractivity contribution is -0.143. The molecule has 1 fully saturated rings. The molecule has 8 nitrogen and oxygen atoms in total. The van der Waals surface area contributed by atoms with Crippen molar-refractivity contribution in [3.05, 3.63) is 117 Å². The summed E-state index contributed by atoms with van der Waals surface area (Å²) in [7, 11) is 0. The van der Waals surface area contributed by atoms with Gasteiger partial charge in [-0.2, -0.15) is 0 Å². The fourth-order valence-corrected chi connectivity index (χ4v) is 6.07. The maximum Gasteiger partial charge on any atom is 0.331 e. The molecule has 0 atom stereocenters. The van der Waals surface area contributed by atoms with Gasteiger partial charge < -0.3 is 14.4 Å². The maximum atomic E-state index is 13.4. The number of carbonyl (C=O) groups excluding carboxylic acids is 1. The van der Waals surface area contributed by atoms with Gasteiger partial charge in [-0.1, -0.05) is 72.8 Å². The molecular formula is C36H43N3O5. The number of benzene rings is 3. The average Bonchev–Trinajstić information content (AvgIpc) is 3.06. The lowest BCUT2D eigenvalue weighted by atomic mass is 10.00. The summed E-state index contributed by atoms with van der Waals surface area (Å²) < 4.78 is 14.7. The van der Waals surface area contributed by atoms with E-state index in [-0.39, 0.29) is 42.4 Å². The Kier molecular flexibility index (Phi) is 11.2. The molecule has 0 N–H and O–H groups in total. The number of hydrogen-bond acceptors (Lipinski definition) is 6. The molecule has 5 rings (SSSR count). The summed E-state index contributed by atoms with van der Waals surface area (Å²) in [5.74, 6) is -0.315. The van der Waals surface area contributed by atoms with Crippen molar-refractivity contribution in [2.24, 2.45) is 0 Å². The van der Waals surface area contributed by atoms with Crippen LogP contribution >= 0.6 is 0 Å². The minimum Gasteiger partial charge on any atom is -0.466 e. The Balaban J connectivity index is 1.15. The zero-order valence-electron chi connectivity index (χ0n) is 25.6. The molecule has 8 heteroatoms. The van der Waals surface area contributed by atoms with Crippen LogP contribution in [0.4, 0.5) is 0 Å². The van der Waals surface area contributed by atoms with Crippen LogP contribution < -0.4 is 11.2 Å². The summed E-state index contributed by atoms with van der Waals surface area (Å²) in [6.07, 6.45) is 4.42. The second kappa shape index (κ2) is 15.6. The predicted molar refractivity (Wildman–Crippen MR) is 173 cm³/mol. The molecule has 0 aliphatic carbocycles. The normalized spacial score (nSPS) is 14.3. The van der Waals surface area contributed by atoms with Crippen LogP contribution in [0.15, 0.2) is 94.5 Å². The zero-order valence-corrected chi connectivity index (χ0v) is 25.6. The third-order valence-corrected chi connectivity index (χ3v) is 8.37. The van der Waals surface area contributed by atoms with E-state index in [9.17, 15) is 14.4 Å². The van der Waals surface area contributed by atoms with E-state index in [0.29, 0.717) is 30.5 Å². The molecule has 1 aliphatic heterocycles. The van der Waals surface area contributed by atoms with Gasteiger partial charge in [0.05, 0.1) is 23.6 Å². The number of aromatic nitrogens is 2. The molecule has 4 aromatic rings. The lowest BCUT2D eigenvalue weighted by Gasteiger charge is -2.34. The van der Waals surface area contributed by atoms with Crippen molar-refractivity contribution < 1.29 is 14.3 Å². The van der Waals surface area contributed by atoms with Crippen molar-refractivity contribution in [2.75, 3.05) is 26.2 Å². The first-order valence-electron chi connectivity index (χ1n) is 15.9. The molecule has 0 saturated carbocycles. The Morgan fingerprint density at radius 1 is 0.773 bits per heavy atom. The fourth-order valence-electron chi connectivity index (χ4n) is 6.07. The standard InChI is InChI=1S/C36H43N3O5/c1-2-43-33(40)20-13-25-39-35(41)31-18-9-10-19-32(31)38(36(39)42)24-12-11-23-37-26-21-30(22-27-37)44-34(28-14-5-3-6-15-28)29-16-7-4-8-17-29/h3-10,14-19,30,34H,2,11-13,20-27H2,1H3. The molecule has 3 aromatic carbocycles. The highest BCUT2D eigenvalue weighted by Gasteiger charge is 2.24. The Morgan fingerprint density at radius 2 is 1.36 bits per heavy atom. The quantitative estimate of drug-likeness (QED) is 0.140. The molecule has 0 amide bonds. The number of esters is 1. The van der Waals surface area contributed by atoms with Crippen molar-refractivity contribution in [2.45, 2.75) is 70.7 Å². The molecule has 2 heterocycles. The van der Waals surface area contributed by atoms with Crippen LogP contribution in [0.5, 0.6) is 0 Å². The Labute approximate surface area is 258 Å². The predicted octanol–water partition coefficient (Wildman–Crippen LogP) is 5.56. The van der Waals surface area contributed by atoms with E-state index in [1.165, 1.54) is 15.7 Å². The van der Waals surface area contributed by atoms with E-state index in [1.807, 2.05) is 30.3 Å². The number of rotatable bonds is 14. The molecule has 1 aromatic heterocycles. The van der Waals surface area contributed by atoms with Crippen LogP contribution in [0.3, 0.4) is 0 Å². The van der Waals surface area contributed by atoms with Gasteiger partial charge in [0, 0.05) is 32.6 Å². The lowest BCUT2D eigenvalue weighted by Crippen LogP contribution is -2.40. The first kappa shape index (κ1) is 31.4. The van der Waals surface area contributed by atoms with E-state index >= 15 is 0 Å². The van der Waals surface area contributed by atoms with Gasteiger partial charge in [-0.15, -0.1) is 0 Å². The second-order valence-corrected chi connectivity index (χ2v) is 11.4. The third kappa shape index (κ3) is 7.92. The number of likely N-dealkylation sites (tertiary alicyclic amines) is 1. The van der Waals surface area contributed by atoms with Crippen molar-refractivity contribution in [1.29, 1.82) is 0 Å². The smallest absolute Gasteiger partial charge is 0.331 e. The van der Waals surface area contributed by atoms with Crippen molar-refractivity contribution in [3.63, 3.8) is 0 Å². The number of aryl methyl sites for hydroxylation is 1. The number of carbonyl (C=O) groups is 1. The molecule has 0 radical (unpaired) electrons.